The summed E-state index contributed by atoms with van der Waals surface area (Å²) in [6, 6.07) is 7.08. The Morgan fingerprint density at radius 1 is 1.14 bits per heavy atom. The van der Waals surface area contributed by atoms with Crippen LogP contribution in [-0.2, 0) is 0 Å². The second-order valence-electron chi connectivity index (χ2n) is 4.87. The number of hydrogen-bond acceptors (Lipinski definition) is 6. The Kier molecular flexibility index (Phi) is 2.52. The topological polar surface area (TPSA) is 84.6 Å². The van der Waals surface area contributed by atoms with E-state index in [0.29, 0.717) is 5.69 Å². The second-order valence-corrected chi connectivity index (χ2v) is 5.84. The highest BCUT2D eigenvalue weighted by molar-refractivity contribution is 7.19. The third kappa shape index (κ3) is 1.58. The van der Waals surface area contributed by atoms with Gasteiger partial charge in [-0.3, -0.25) is 14.4 Å². The first-order chi connectivity index (χ1) is 10.6. The maximum absolute atomic E-state index is 12.7. The molecule has 0 saturated carbocycles. The van der Waals surface area contributed by atoms with Gasteiger partial charge in [0, 0.05) is 0 Å². The van der Waals surface area contributed by atoms with Crippen molar-refractivity contribution in [3.63, 3.8) is 0 Å². The number of nitrogens with zero attached hydrogens (tertiary/aromatic N) is 4. The summed E-state index contributed by atoms with van der Waals surface area (Å²) in [5.41, 5.74) is 1.00. The van der Waals surface area contributed by atoms with Gasteiger partial charge in [0.15, 0.2) is 0 Å². The summed E-state index contributed by atoms with van der Waals surface area (Å²) in [6.45, 7) is 1.87. The average molecular weight is 312 g/mol. The predicted octanol–water partition coefficient (Wildman–Crippen LogP) is 1.26. The van der Waals surface area contributed by atoms with Crippen LogP contribution in [0, 0.1) is 6.92 Å². The molecule has 8 heteroatoms. The van der Waals surface area contributed by atoms with Gasteiger partial charge in [-0.2, -0.15) is 5.10 Å². The van der Waals surface area contributed by atoms with Gasteiger partial charge in [-0.15, -0.1) is 5.10 Å². The van der Waals surface area contributed by atoms with Gasteiger partial charge in [-0.1, -0.05) is 23.5 Å². The molecule has 0 bridgehead atoms. The number of rotatable bonds is 1. The molecule has 22 heavy (non-hydrogen) atoms. The molecule has 0 fully saturated rings. The molecule has 0 unspecified atom stereocenters. The summed E-state index contributed by atoms with van der Waals surface area (Å²) in [5.74, 6) is -0.965. The summed E-state index contributed by atoms with van der Waals surface area (Å²) in [7, 11) is 0. The second kappa shape index (κ2) is 4.31. The Balaban J connectivity index is 1.96. The zero-order chi connectivity index (χ0) is 15.4. The first kappa shape index (κ1) is 12.8. The van der Waals surface area contributed by atoms with E-state index in [-0.39, 0.29) is 15.5 Å². The zero-order valence-corrected chi connectivity index (χ0v) is 12.1. The van der Waals surface area contributed by atoms with Crippen molar-refractivity contribution in [3.8, 4) is 0 Å². The van der Waals surface area contributed by atoms with Gasteiger partial charge in [0.25, 0.3) is 17.4 Å². The normalized spacial score (nSPS) is 14.0. The molecule has 1 aromatic carbocycles. The average Bonchev–Trinajstić information content (AvgIpc) is 2.97. The lowest BCUT2D eigenvalue weighted by Gasteiger charge is -2.14. The molecule has 108 valence electrons. The van der Waals surface area contributed by atoms with E-state index in [4.69, 9.17) is 0 Å². The van der Waals surface area contributed by atoms with E-state index in [1.54, 1.807) is 18.2 Å². The molecule has 2 amide bonds. The lowest BCUT2D eigenvalue weighted by atomic mass is 10.2. The standard InChI is InChI=1S/C14H8N4O3S/c1-7-3-2-4-8(5-7)17-12(20)10-11(13(17)21)22-14-16-15-6-9(19)18(10)14/h2-6H,1H3. The summed E-state index contributed by atoms with van der Waals surface area (Å²) < 4.78 is 1.14. The molecule has 1 aliphatic rings. The van der Waals surface area contributed by atoms with Crippen LogP contribution in [0.1, 0.15) is 25.7 Å². The van der Waals surface area contributed by atoms with Gasteiger partial charge in [0.05, 0.1) is 5.69 Å². The quantitative estimate of drug-likeness (QED) is 0.632. The SMILES string of the molecule is Cc1cccc(N2C(=O)c3sc4nncc(=O)n4c3C2=O)c1. The third-order valence-corrected chi connectivity index (χ3v) is 4.44. The van der Waals surface area contributed by atoms with E-state index >= 15 is 0 Å². The number of fused-ring (bicyclic) bond motifs is 3. The molecule has 0 radical (unpaired) electrons. The van der Waals surface area contributed by atoms with Gasteiger partial charge in [0.2, 0.25) is 4.96 Å². The van der Waals surface area contributed by atoms with Crippen molar-refractivity contribution in [3.05, 3.63) is 57.0 Å². The number of imide groups is 1. The Labute approximate surface area is 127 Å². The fourth-order valence-corrected chi connectivity index (χ4v) is 3.47. The van der Waals surface area contributed by atoms with E-state index in [9.17, 15) is 14.4 Å². The summed E-state index contributed by atoms with van der Waals surface area (Å²) >= 11 is 0.992. The number of hydrogen-bond donors (Lipinski definition) is 0. The number of anilines is 1. The fourth-order valence-electron chi connectivity index (χ4n) is 2.48. The van der Waals surface area contributed by atoms with E-state index in [2.05, 4.69) is 10.2 Å². The van der Waals surface area contributed by atoms with Crippen molar-refractivity contribution in [1.29, 1.82) is 0 Å². The van der Waals surface area contributed by atoms with Crippen molar-refractivity contribution in [2.24, 2.45) is 0 Å². The van der Waals surface area contributed by atoms with E-state index < -0.39 is 17.4 Å². The first-order valence-corrected chi connectivity index (χ1v) is 7.22. The molecule has 0 saturated heterocycles. The van der Waals surface area contributed by atoms with Crippen LogP contribution in [0.25, 0.3) is 4.96 Å². The highest BCUT2D eigenvalue weighted by atomic mass is 32.1. The maximum atomic E-state index is 12.7. The zero-order valence-electron chi connectivity index (χ0n) is 11.3. The molecular weight excluding hydrogens is 304 g/mol. The van der Waals surface area contributed by atoms with Crippen molar-refractivity contribution >= 4 is 33.8 Å². The molecule has 0 atom stereocenters. The number of carbonyl (C=O) groups excluding carboxylic acids is 2. The van der Waals surface area contributed by atoms with Crippen LogP contribution in [0.5, 0.6) is 0 Å². The highest BCUT2D eigenvalue weighted by Gasteiger charge is 2.41. The van der Waals surface area contributed by atoms with Crippen LogP contribution in [-0.4, -0.2) is 26.4 Å². The van der Waals surface area contributed by atoms with Crippen LogP contribution < -0.4 is 10.5 Å². The lowest BCUT2D eigenvalue weighted by molar-refractivity contribution is 0.0925. The molecular formula is C14H8N4O3S. The van der Waals surface area contributed by atoms with Crippen LogP contribution >= 0.6 is 11.3 Å². The minimum absolute atomic E-state index is 0.0615. The maximum Gasteiger partial charge on any atom is 0.284 e. The van der Waals surface area contributed by atoms with E-state index in [0.717, 1.165) is 32.4 Å². The molecule has 3 heterocycles. The Hall–Kier alpha value is -2.87. The summed E-state index contributed by atoms with van der Waals surface area (Å²) in [4.78, 5) is 38.7. The Bertz CT molecular complexity index is 1020. The van der Waals surface area contributed by atoms with Crippen LogP contribution in [0.2, 0.25) is 0 Å². The van der Waals surface area contributed by atoms with Gasteiger partial charge in [-0.25, -0.2) is 9.30 Å². The van der Waals surface area contributed by atoms with Gasteiger partial charge in [0.1, 0.15) is 16.8 Å². The highest BCUT2D eigenvalue weighted by Crippen LogP contribution is 2.32. The number of aromatic nitrogens is 3. The predicted molar refractivity (Wildman–Crippen MR) is 79.5 cm³/mol. The van der Waals surface area contributed by atoms with Gasteiger partial charge < -0.3 is 0 Å². The smallest absolute Gasteiger partial charge is 0.267 e. The Morgan fingerprint density at radius 2 is 1.95 bits per heavy atom. The van der Waals surface area contributed by atoms with Crippen molar-refractivity contribution < 1.29 is 9.59 Å². The van der Waals surface area contributed by atoms with Crippen LogP contribution in [0.3, 0.4) is 0 Å². The third-order valence-electron chi connectivity index (χ3n) is 3.42. The van der Waals surface area contributed by atoms with Crippen LogP contribution in [0.15, 0.2) is 35.3 Å². The molecule has 2 aromatic heterocycles. The van der Waals surface area contributed by atoms with E-state index in [1.165, 1.54) is 0 Å². The van der Waals surface area contributed by atoms with Crippen LogP contribution in [0.4, 0.5) is 5.69 Å². The molecule has 0 spiro atoms. The number of thiazole rings is 1. The van der Waals surface area contributed by atoms with E-state index in [1.807, 2.05) is 13.0 Å². The number of benzene rings is 1. The first-order valence-electron chi connectivity index (χ1n) is 6.40. The van der Waals surface area contributed by atoms with Gasteiger partial charge >= 0.3 is 0 Å². The molecule has 4 rings (SSSR count). The molecule has 3 aromatic rings. The molecule has 1 aliphatic heterocycles. The number of amides is 2. The van der Waals surface area contributed by atoms with Gasteiger partial charge in [-0.05, 0) is 24.6 Å². The largest absolute Gasteiger partial charge is 0.284 e. The lowest BCUT2D eigenvalue weighted by Crippen LogP contribution is -2.31. The fraction of sp³-hybridized carbons (Fsp3) is 0.0714. The number of aryl methyl sites for hydroxylation is 1. The Morgan fingerprint density at radius 3 is 2.73 bits per heavy atom. The summed E-state index contributed by atoms with van der Waals surface area (Å²) in [5, 5.41) is 7.35. The summed E-state index contributed by atoms with van der Waals surface area (Å²) in [6.07, 6.45) is 1.02. The van der Waals surface area contributed by atoms with Crippen molar-refractivity contribution in [2.45, 2.75) is 6.92 Å². The minimum Gasteiger partial charge on any atom is -0.267 e. The molecule has 7 nitrogen and oxygen atoms in total. The molecule has 0 N–H and O–H groups in total. The monoisotopic (exact) mass is 312 g/mol. The van der Waals surface area contributed by atoms with Crippen molar-refractivity contribution in [1.82, 2.24) is 14.6 Å². The minimum atomic E-state index is -0.521. The number of carbonyl (C=O) groups is 2. The molecule has 0 aliphatic carbocycles. The van der Waals surface area contributed by atoms with Crippen molar-refractivity contribution in [2.75, 3.05) is 4.90 Å².